The van der Waals surface area contributed by atoms with Gasteiger partial charge in [-0.1, -0.05) is 60.2 Å². The summed E-state index contributed by atoms with van der Waals surface area (Å²) in [5.41, 5.74) is 0.566. The van der Waals surface area contributed by atoms with E-state index in [2.05, 4.69) is 6.07 Å². The van der Waals surface area contributed by atoms with Crippen molar-refractivity contribution in [3.8, 4) is 6.07 Å². The minimum atomic E-state index is -3.78. The van der Waals surface area contributed by atoms with E-state index < -0.39 is 21.5 Å². The summed E-state index contributed by atoms with van der Waals surface area (Å²) in [5, 5.41) is 10.7. The van der Waals surface area contributed by atoms with Gasteiger partial charge in [0, 0.05) is 11.6 Å². The van der Waals surface area contributed by atoms with E-state index in [1.54, 1.807) is 54.6 Å². The molecule has 0 spiro atoms. The molecule has 0 radical (unpaired) electrons. The predicted octanol–water partition coefficient (Wildman–Crippen LogP) is 4.48. The minimum absolute atomic E-state index is 0.197. The fourth-order valence-corrected chi connectivity index (χ4v) is 5.66. The number of allylic oxidation sites excluding steroid dienone is 2. The maximum absolute atomic E-state index is 13.4. The first-order valence-electron chi connectivity index (χ1n) is 8.60. The second-order valence-electron chi connectivity index (χ2n) is 6.67. The Morgan fingerprint density at radius 3 is 2.48 bits per heavy atom. The summed E-state index contributed by atoms with van der Waals surface area (Å²) < 4.78 is 28.3. The van der Waals surface area contributed by atoms with Crippen LogP contribution in [-0.4, -0.2) is 19.3 Å². The summed E-state index contributed by atoms with van der Waals surface area (Å²) in [6.07, 6.45) is 6.44. The van der Waals surface area contributed by atoms with Gasteiger partial charge in [0.05, 0.1) is 17.0 Å². The first kappa shape index (κ1) is 18.0. The van der Waals surface area contributed by atoms with E-state index in [9.17, 15) is 13.7 Å². The normalized spacial score (nSPS) is 24.9. The second kappa shape index (κ2) is 6.65. The molecule has 2 aliphatic rings. The number of rotatable bonds is 3. The van der Waals surface area contributed by atoms with E-state index >= 15 is 0 Å². The van der Waals surface area contributed by atoms with Crippen LogP contribution in [-0.2, 0) is 10.0 Å². The Bertz CT molecular complexity index is 1070. The van der Waals surface area contributed by atoms with E-state index in [1.165, 1.54) is 4.31 Å². The number of hydrogen-bond acceptors (Lipinski definition) is 3. The van der Waals surface area contributed by atoms with Gasteiger partial charge in [-0.2, -0.15) is 9.57 Å². The molecule has 2 unspecified atom stereocenters. The number of benzene rings is 2. The smallest absolute Gasteiger partial charge is 0.207 e. The average Bonchev–Trinajstić information content (AvgIpc) is 3.06. The Labute approximate surface area is 164 Å². The Kier molecular flexibility index (Phi) is 4.43. The van der Waals surface area contributed by atoms with Gasteiger partial charge < -0.3 is 0 Å². The Morgan fingerprint density at radius 1 is 1.11 bits per heavy atom. The molecule has 4 rings (SSSR count). The largest absolute Gasteiger partial charge is 0.244 e. The van der Waals surface area contributed by atoms with Crippen LogP contribution in [0.5, 0.6) is 0 Å². The van der Waals surface area contributed by atoms with Crippen LogP contribution >= 0.6 is 11.6 Å². The number of hydrogen-bond donors (Lipinski definition) is 0. The molecule has 0 aromatic heterocycles. The Balaban J connectivity index is 1.92. The molecule has 2 aromatic carbocycles. The Morgan fingerprint density at radius 2 is 1.81 bits per heavy atom. The third-order valence-electron chi connectivity index (χ3n) is 5.18. The van der Waals surface area contributed by atoms with Crippen LogP contribution in [0.2, 0.25) is 5.02 Å². The van der Waals surface area contributed by atoms with Crippen LogP contribution in [0.4, 0.5) is 0 Å². The van der Waals surface area contributed by atoms with Crippen molar-refractivity contribution in [1.82, 2.24) is 4.31 Å². The summed E-state index contributed by atoms with van der Waals surface area (Å²) in [5.74, 6) is 0. The first-order chi connectivity index (χ1) is 13.0. The van der Waals surface area contributed by atoms with Gasteiger partial charge in [-0.15, -0.1) is 0 Å². The molecule has 0 saturated carbocycles. The van der Waals surface area contributed by atoms with E-state index in [-0.39, 0.29) is 11.4 Å². The molecule has 0 amide bonds. The third kappa shape index (κ3) is 2.81. The number of fused-ring (bicyclic) bond motifs is 1. The van der Waals surface area contributed by atoms with Crippen LogP contribution in [0, 0.1) is 16.7 Å². The zero-order chi connectivity index (χ0) is 19.1. The molecule has 1 fully saturated rings. The Hall–Kier alpha value is -2.39. The molecule has 0 bridgehead atoms. The highest BCUT2D eigenvalue weighted by atomic mass is 35.5. The lowest BCUT2D eigenvalue weighted by molar-refractivity contribution is 0.335. The summed E-state index contributed by atoms with van der Waals surface area (Å²) in [4.78, 5) is 0.222. The van der Waals surface area contributed by atoms with Crippen molar-refractivity contribution in [1.29, 1.82) is 5.26 Å². The number of halogens is 1. The molecule has 1 saturated heterocycles. The third-order valence-corrected chi connectivity index (χ3v) is 7.26. The molecule has 2 aromatic rings. The number of sulfonamides is 1. The van der Waals surface area contributed by atoms with Crippen LogP contribution in [0.25, 0.3) is 0 Å². The highest BCUT2D eigenvalue weighted by Gasteiger charge is 2.55. The van der Waals surface area contributed by atoms with Crippen molar-refractivity contribution in [3.05, 3.63) is 89.0 Å². The van der Waals surface area contributed by atoms with Gasteiger partial charge in [-0.25, -0.2) is 8.42 Å². The molecule has 6 heteroatoms. The lowest BCUT2D eigenvalue weighted by atomic mass is 9.73. The van der Waals surface area contributed by atoms with Crippen LogP contribution < -0.4 is 0 Å². The predicted molar refractivity (Wildman–Crippen MR) is 104 cm³/mol. The number of nitriles is 1. The molecule has 136 valence electrons. The maximum atomic E-state index is 13.4. The van der Waals surface area contributed by atoms with Crippen LogP contribution in [0.15, 0.2) is 83.3 Å². The zero-order valence-electron chi connectivity index (χ0n) is 14.4. The molecule has 1 aliphatic heterocycles. The van der Waals surface area contributed by atoms with Gasteiger partial charge in [0.15, 0.2) is 0 Å². The highest BCUT2D eigenvalue weighted by molar-refractivity contribution is 7.89. The fourth-order valence-electron chi connectivity index (χ4n) is 3.88. The number of nitrogens with zero attached hydrogens (tertiary/aromatic N) is 2. The standard InChI is InChI=1S/C21H17ClN2O2S/c22-18-11-9-16(10-12-18)20-21(15-23)13-5-4-6-17(21)14-24(20)27(25,26)19-7-2-1-3-8-19/h1-3,5-13,20H,4,14H2. The van der Waals surface area contributed by atoms with Gasteiger partial charge in [-0.05, 0) is 41.8 Å². The van der Waals surface area contributed by atoms with Crippen LogP contribution in [0.1, 0.15) is 18.0 Å². The molecular weight excluding hydrogens is 380 g/mol. The van der Waals surface area contributed by atoms with Gasteiger partial charge in [0.25, 0.3) is 0 Å². The zero-order valence-corrected chi connectivity index (χ0v) is 16.0. The van der Waals surface area contributed by atoms with E-state index in [1.807, 2.05) is 18.2 Å². The van der Waals surface area contributed by atoms with Gasteiger partial charge >= 0.3 is 0 Å². The first-order valence-corrected chi connectivity index (χ1v) is 10.4. The van der Waals surface area contributed by atoms with Crippen molar-refractivity contribution < 1.29 is 8.42 Å². The van der Waals surface area contributed by atoms with Gasteiger partial charge in [0.1, 0.15) is 5.41 Å². The summed E-state index contributed by atoms with van der Waals surface area (Å²) in [7, 11) is -3.78. The van der Waals surface area contributed by atoms with Gasteiger partial charge in [0.2, 0.25) is 10.0 Å². The fraction of sp³-hybridized carbons (Fsp3) is 0.190. The maximum Gasteiger partial charge on any atom is 0.244 e. The van der Waals surface area contributed by atoms with Crippen molar-refractivity contribution in [2.24, 2.45) is 5.41 Å². The summed E-state index contributed by atoms with van der Waals surface area (Å²) in [6, 6.07) is 17.1. The average molecular weight is 397 g/mol. The molecule has 1 heterocycles. The molecule has 2 atom stereocenters. The molecule has 27 heavy (non-hydrogen) atoms. The van der Waals surface area contributed by atoms with Crippen molar-refractivity contribution in [3.63, 3.8) is 0 Å². The lowest BCUT2D eigenvalue weighted by Gasteiger charge is -2.32. The topological polar surface area (TPSA) is 61.2 Å². The van der Waals surface area contributed by atoms with Crippen molar-refractivity contribution in [2.75, 3.05) is 6.54 Å². The molecule has 0 N–H and O–H groups in total. The second-order valence-corrected chi connectivity index (χ2v) is 8.99. The molecule has 4 nitrogen and oxygen atoms in total. The molecule has 1 aliphatic carbocycles. The highest BCUT2D eigenvalue weighted by Crippen LogP contribution is 2.54. The quantitative estimate of drug-likeness (QED) is 0.718. The molecular formula is C21H17ClN2O2S. The van der Waals surface area contributed by atoms with E-state index in [0.29, 0.717) is 11.4 Å². The minimum Gasteiger partial charge on any atom is -0.207 e. The summed E-state index contributed by atoms with van der Waals surface area (Å²) >= 11 is 6.02. The van der Waals surface area contributed by atoms with E-state index in [4.69, 9.17) is 11.6 Å². The van der Waals surface area contributed by atoms with Crippen LogP contribution in [0.3, 0.4) is 0 Å². The van der Waals surface area contributed by atoms with Crippen molar-refractivity contribution >= 4 is 21.6 Å². The van der Waals surface area contributed by atoms with E-state index in [0.717, 1.165) is 11.1 Å². The van der Waals surface area contributed by atoms with Crippen molar-refractivity contribution in [2.45, 2.75) is 17.4 Å². The SMILES string of the molecule is N#CC12C=CCC=C1CN(S(=O)(=O)c1ccccc1)C2c1ccc(Cl)cc1. The summed E-state index contributed by atoms with van der Waals surface area (Å²) in [6.45, 7) is 0.197. The lowest BCUT2D eigenvalue weighted by Crippen LogP contribution is -2.35. The van der Waals surface area contributed by atoms with Gasteiger partial charge in [-0.3, -0.25) is 0 Å². The monoisotopic (exact) mass is 396 g/mol.